The van der Waals surface area contributed by atoms with E-state index in [-0.39, 0.29) is 0 Å². The number of hydrogen-bond donors (Lipinski definition) is 0. The fourth-order valence-electron chi connectivity index (χ4n) is 1.37. The van der Waals surface area contributed by atoms with Crippen molar-refractivity contribution < 1.29 is 4.79 Å². The first kappa shape index (κ1) is 8.91. The zero-order valence-electron chi connectivity index (χ0n) is 7.17. The van der Waals surface area contributed by atoms with Crippen molar-refractivity contribution in [2.24, 2.45) is 0 Å². The molecule has 1 saturated heterocycles. The van der Waals surface area contributed by atoms with Gasteiger partial charge in [-0.2, -0.15) is 11.8 Å². The van der Waals surface area contributed by atoms with Crippen molar-refractivity contribution in [1.82, 2.24) is 4.90 Å². The van der Waals surface area contributed by atoms with Crippen LogP contribution >= 0.6 is 11.8 Å². The highest BCUT2D eigenvalue weighted by atomic mass is 32.2. The van der Waals surface area contributed by atoms with E-state index in [1.54, 1.807) is 0 Å². The molecular weight excluding hydrogens is 158 g/mol. The van der Waals surface area contributed by atoms with E-state index in [0.29, 0.717) is 17.6 Å². The summed E-state index contributed by atoms with van der Waals surface area (Å²) in [5.41, 5.74) is 0. The summed E-state index contributed by atoms with van der Waals surface area (Å²) in [5.74, 6) is 0.307. The third kappa shape index (κ3) is 2.12. The summed E-state index contributed by atoms with van der Waals surface area (Å²) in [4.78, 5) is 13.2. The van der Waals surface area contributed by atoms with Crippen LogP contribution in [0.4, 0.5) is 0 Å². The monoisotopic (exact) mass is 173 g/mol. The van der Waals surface area contributed by atoms with Crippen molar-refractivity contribution >= 4 is 17.7 Å². The van der Waals surface area contributed by atoms with Gasteiger partial charge in [-0.15, -0.1) is 0 Å². The number of amides is 1. The molecule has 0 saturated carbocycles. The van der Waals surface area contributed by atoms with Crippen LogP contribution in [0.15, 0.2) is 0 Å². The summed E-state index contributed by atoms with van der Waals surface area (Å²) >= 11 is 1.87. The molecule has 0 aliphatic carbocycles. The van der Waals surface area contributed by atoms with Gasteiger partial charge in [-0.3, -0.25) is 4.79 Å². The minimum atomic E-state index is 0.307. The Kier molecular flexibility index (Phi) is 3.24. The second-order valence-corrected chi connectivity index (χ2v) is 3.98. The third-order valence-electron chi connectivity index (χ3n) is 2.13. The Morgan fingerprint density at radius 1 is 1.73 bits per heavy atom. The molecule has 0 aromatic carbocycles. The van der Waals surface area contributed by atoms with Crippen molar-refractivity contribution in [3.63, 3.8) is 0 Å². The molecule has 0 N–H and O–H groups in total. The molecule has 3 heteroatoms. The van der Waals surface area contributed by atoms with Gasteiger partial charge in [-0.05, 0) is 12.7 Å². The lowest BCUT2D eigenvalue weighted by atomic mass is 10.4. The summed E-state index contributed by atoms with van der Waals surface area (Å²) in [5, 5.41) is 0.686. The third-order valence-corrected chi connectivity index (χ3v) is 3.18. The Bertz CT molecular complexity index is 149. The highest BCUT2D eigenvalue weighted by Gasteiger charge is 2.23. The Hall–Kier alpha value is -0.180. The first-order valence-electron chi connectivity index (χ1n) is 4.08. The van der Waals surface area contributed by atoms with Gasteiger partial charge in [0.1, 0.15) is 0 Å². The first-order chi connectivity index (χ1) is 5.27. The first-order valence-corrected chi connectivity index (χ1v) is 5.37. The molecule has 0 radical (unpaired) electrons. The standard InChI is InChI=1S/C8H15NOS/c1-3-8(10)9-5-4-7(6-9)11-2/h7H,3-6H2,1-2H3. The van der Waals surface area contributed by atoms with Crippen LogP contribution in [0.2, 0.25) is 0 Å². The van der Waals surface area contributed by atoms with Crippen LogP contribution in [0.1, 0.15) is 19.8 Å². The Balaban J connectivity index is 2.35. The smallest absolute Gasteiger partial charge is 0.222 e. The van der Waals surface area contributed by atoms with E-state index >= 15 is 0 Å². The lowest BCUT2D eigenvalue weighted by molar-refractivity contribution is -0.129. The molecule has 0 bridgehead atoms. The van der Waals surface area contributed by atoms with Gasteiger partial charge in [-0.1, -0.05) is 6.92 Å². The van der Waals surface area contributed by atoms with E-state index in [1.165, 1.54) is 6.42 Å². The van der Waals surface area contributed by atoms with Crippen LogP contribution < -0.4 is 0 Å². The van der Waals surface area contributed by atoms with Crippen LogP contribution in [0.5, 0.6) is 0 Å². The maximum Gasteiger partial charge on any atom is 0.222 e. The Labute approximate surface area is 72.3 Å². The van der Waals surface area contributed by atoms with Gasteiger partial charge in [0.05, 0.1) is 0 Å². The molecule has 1 amide bonds. The van der Waals surface area contributed by atoms with Crippen LogP contribution in [0.25, 0.3) is 0 Å². The summed E-state index contributed by atoms with van der Waals surface area (Å²) in [6.45, 7) is 3.86. The Morgan fingerprint density at radius 2 is 2.45 bits per heavy atom. The van der Waals surface area contributed by atoms with E-state index in [2.05, 4.69) is 6.26 Å². The molecule has 0 spiro atoms. The predicted octanol–water partition coefficient (Wildman–Crippen LogP) is 1.36. The van der Waals surface area contributed by atoms with Crippen LogP contribution in [0, 0.1) is 0 Å². The average Bonchev–Trinajstić information content (AvgIpc) is 2.50. The number of hydrogen-bond acceptors (Lipinski definition) is 2. The molecule has 1 aliphatic rings. The van der Waals surface area contributed by atoms with E-state index in [4.69, 9.17) is 0 Å². The quantitative estimate of drug-likeness (QED) is 0.628. The number of carbonyl (C=O) groups excluding carboxylic acids is 1. The van der Waals surface area contributed by atoms with Crippen molar-refractivity contribution in [3.8, 4) is 0 Å². The van der Waals surface area contributed by atoms with Crippen molar-refractivity contribution in [1.29, 1.82) is 0 Å². The highest BCUT2D eigenvalue weighted by molar-refractivity contribution is 7.99. The lowest BCUT2D eigenvalue weighted by Crippen LogP contribution is -2.28. The molecule has 1 heterocycles. The molecular formula is C8H15NOS. The minimum absolute atomic E-state index is 0.307. The molecule has 2 nitrogen and oxygen atoms in total. The summed E-state index contributed by atoms with van der Waals surface area (Å²) in [6.07, 6.45) is 3.94. The van der Waals surface area contributed by atoms with E-state index in [0.717, 1.165) is 13.1 Å². The Morgan fingerprint density at radius 3 is 2.91 bits per heavy atom. The second-order valence-electron chi connectivity index (χ2n) is 2.84. The fraction of sp³-hybridized carbons (Fsp3) is 0.875. The maximum atomic E-state index is 11.2. The van der Waals surface area contributed by atoms with Crippen LogP contribution in [-0.2, 0) is 4.79 Å². The summed E-state index contributed by atoms with van der Waals surface area (Å²) < 4.78 is 0. The molecule has 64 valence electrons. The van der Waals surface area contributed by atoms with Gasteiger partial charge in [0.15, 0.2) is 0 Å². The average molecular weight is 173 g/mol. The second kappa shape index (κ2) is 4.00. The molecule has 0 aromatic rings. The molecule has 1 aliphatic heterocycles. The number of thioether (sulfide) groups is 1. The van der Waals surface area contributed by atoms with Crippen molar-refractivity contribution in [2.45, 2.75) is 25.0 Å². The number of nitrogens with zero attached hydrogens (tertiary/aromatic N) is 1. The number of carbonyl (C=O) groups is 1. The minimum Gasteiger partial charge on any atom is -0.342 e. The summed E-state index contributed by atoms with van der Waals surface area (Å²) in [7, 11) is 0. The summed E-state index contributed by atoms with van der Waals surface area (Å²) in [6, 6.07) is 0. The largest absolute Gasteiger partial charge is 0.342 e. The zero-order valence-corrected chi connectivity index (χ0v) is 7.99. The fourth-order valence-corrected chi connectivity index (χ4v) is 2.04. The number of likely N-dealkylation sites (tertiary alicyclic amines) is 1. The highest BCUT2D eigenvalue weighted by Crippen LogP contribution is 2.20. The zero-order chi connectivity index (χ0) is 8.27. The predicted molar refractivity (Wildman–Crippen MR) is 48.8 cm³/mol. The molecule has 1 atom stereocenters. The van der Waals surface area contributed by atoms with Gasteiger partial charge < -0.3 is 4.90 Å². The molecule has 1 rings (SSSR count). The SMILES string of the molecule is CCC(=O)N1CCC(SC)C1. The molecule has 11 heavy (non-hydrogen) atoms. The van der Waals surface area contributed by atoms with Gasteiger partial charge in [-0.25, -0.2) is 0 Å². The van der Waals surface area contributed by atoms with E-state index < -0.39 is 0 Å². The van der Waals surface area contributed by atoms with Gasteiger partial charge in [0.25, 0.3) is 0 Å². The van der Waals surface area contributed by atoms with Gasteiger partial charge >= 0.3 is 0 Å². The molecule has 0 aromatic heterocycles. The molecule has 1 fully saturated rings. The normalized spacial score (nSPS) is 24.2. The van der Waals surface area contributed by atoms with Crippen molar-refractivity contribution in [3.05, 3.63) is 0 Å². The van der Waals surface area contributed by atoms with Gasteiger partial charge in [0, 0.05) is 24.8 Å². The maximum absolute atomic E-state index is 11.2. The molecule has 1 unspecified atom stereocenters. The number of rotatable bonds is 2. The lowest BCUT2D eigenvalue weighted by Gasteiger charge is -2.14. The topological polar surface area (TPSA) is 20.3 Å². The van der Waals surface area contributed by atoms with Crippen LogP contribution in [0.3, 0.4) is 0 Å². The van der Waals surface area contributed by atoms with E-state index in [1.807, 2.05) is 23.6 Å². The van der Waals surface area contributed by atoms with Gasteiger partial charge in [0.2, 0.25) is 5.91 Å². The van der Waals surface area contributed by atoms with E-state index in [9.17, 15) is 4.79 Å². The van der Waals surface area contributed by atoms with Crippen molar-refractivity contribution in [2.75, 3.05) is 19.3 Å². The van der Waals surface area contributed by atoms with Crippen LogP contribution in [-0.4, -0.2) is 35.4 Å².